The Hall–Kier alpha value is -4.19. The maximum Gasteiger partial charge on any atom is 0.257 e. The highest BCUT2D eigenvalue weighted by molar-refractivity contribution is 6.11. The third kappa shape index (κ3) is 4.10. The standard InChI is InChI=1S/C28H27N5O/c1-2-19-12-8-14-21(18-19)33-26(29)24(25-27(33)32-23-16-7-6-15-22(23)31-25)28(34)30-17-9-13-20-10-4-3-5-11-20/h3-8,10-12,14-16,18H,2,9,13,17,29H2,1H3,(H,30,34). The van der Waals surface area contributed by atoms with Crippen LogP contribution in [0.25, 0.3) is 27.9 Å². The van der Waals surface area contributed by atoms with Crippen molar-refractivity contribution in [3.8, 4) is 5.69 Å². The summed E-state index contributed by atoms with van der Waals surface area (Å²) in [6.45, 7) is 2.66. The number of nitrogens with zero attached hydrogens (tertiary/aromatic N) is 3. The van der Waals surface area contributed by atoms with E-state index in [0.717, 1.165) is 36.0 Å². The molecule has 0 unspecified atom stereocenters. The number of benzene rings is 3. The van der Waals surface area contributed by atoms with E-state index in [-0.39, 0.29) is 5.91 Å². The van der Waals surface area contributed by atoms with Gasteiger partial charge in [0.25, 0.3) is 5.91 Å². The summed E-state index contributed by atoms with van der Waals surface area (Å²) >= 11 is 0. The van der Waals surface area contributed by atoms with Gasteiger partial charge in [0.15, 0.2) is 5.65 Å². The smallest absolute Gasteiger partial charge is 0.257 e. The first-order valence-electron chi connectivity index (χ1n) is 11.6. The Bertz CT molecular complexity index is 1470. The fourth-order valence-corrected chi connectivity index (χ4v) is 4.29. The molecule has 0 aliphatic carbocycles. The SMILES string of the molecule is CCc1cccc(-n2c(N)c(C(=O)NCCCc3ccccc3)c3nc4ccccc4nc32)c1. The molecule has 2 heterocycles. The Morgan fingerprint density at radius 1 is 0.912 bits per heavy atom. The lowest BCUT2D eigenvalue weighted by molar-refractivity contribution is 0.0955. The van der Waals surface area contributed by atoms with Gasteiger partial charge in [-0.3, -0.25) is 9.36 Å². The summed E-state index contributed by atoms with van der Waals surface area (Å²) in [6.07, 6.45) is 2.63. The lowest BCUT2D eigenvalue weighted by Gasteiger charge is -2.10. The lowest BCUT2D eigenvalue weighted by atomic mass is 10.1. The van der Waals surface area contributed by atoms with Crippen LogP contribution in [0.2, 0.25) is 0 Å². The number of para-hydroxylation sites is 2. The number of amides is 1. The van der Waals surface area contributed by atoms with Crippen molar-refractivity contribution in [3.63, 3.8) is 0 Å². The van der Waals surface area contributed by atoms with Crippen molar-refractivity contribution in [2.75, 3.05) is 12.3 Å². The Morgan fingerprint density at radius 2 is 1.62 bits per heavy atom. The van der Waals surface area contributed by atoms with E-state index in [0.29, 0.717) is 29.1 Å². The molecule has 0 radical (unpaired) electrons. The number of nitrogens with two attached hydrogens (primary N) is 1. The molecule has 0 aliphatic heterocycles. The molecule has 3 aromatic carbocycles. The van der Waals surface area contributed by atoms with Crippen LogP contribution in [0.1, 0.15) is 34.8 Å². The Morgan fingerprint density at radius 3 is 2.38 bits per heavy atom. The summed E-state index contributed by atoms with van der Waals surface area (Å²) in [5.41, 5.74) is 12.9. The highest BCUT2D eigenvalue weighted by Crippen LogP contribution is 2.31. The summed E-state index contributed by atoms with van der Waals surface area (Å²) in [5, 5.41) is 3.04. The number of aromatic nitrogens is 3. The second-order valence-electron chi connectivity index (χ2n) is 8.35. The number of fused-ring (bicyclic) bond motifs is 2. The highest BCUT2D eigenvalue weighted by atomic mass is 16.1. The highest BCUT2D eigenvalue weighted by Gasteiger charge is 2.24. The minimum atomic E-state index is -0.231. The van der Waals surface area contributed by atoms with E-state index in [1.54, 1.807) is 0 Å². The molecule has 2 aromatic heterocycles. The van der Waals surface area contributed by atoms with Crippen LogP contribution in [0.15, 0.2) is 78.9 Å². The summed E-state index contributed by atoms with van der Waals surface area (Å²) in [7, 11) is 0. The zero-order chi connectivity index (χ0) is 23.5. The van der Waals surface area contributed by atoms with Gasteiger partial charge < -0.3 is 11.1 Å². The second-order valence-corrected chi connectivity index (χ2v) is 8.35. The van der Waals surface area contributed by atoms with Gasteiger partial charge in [-0.25, -0.2) is 9.97 Å². The second kappa shape index (κ2) is 9.35. The van der Waals surface area contributed by atoms with Crippen LogP contribution >= 0.6 is 0 Å². The van der Waals surface area contributed by atoms with Gasteiger partial charge in [0.2, 0.25) is 0 Å². The van der Waals surface area contributed by atoms with Crippen molar-refractivity contribution in [1.82, 2.24) is 19.9 Å². The Balaban J connectivity index is 1.53. The predicted octanol–water partition coefficient (Wildman–Crippen LogP) is 5.08. The van der Waals surface area contributed by atoms with Gasteiger partial charge in [0.1, 0.15) is 16.9 Å². The minimum absolute atomic E-state index is 0.231. The van der Waals surface area contributed by atoms with Gasteiger partial charge in [-0.1, -0.05) is 61.5 Å². The van der Waals surface area contributed by atoms with Crippen LogP contribution < -0.4 is 11.1 Å². The van der Waals surface area contributed by atoms with E-state index in [4.69, 9.17) is 15.7 Å². The average Bonchev–Trinajstić information content (AvgIpc) is 3.16. The first kappa shape index (κ1) is 21.6. The molecule has 0 bridgehead atoms. The average molecular weight is 450 g/mol. The molecule has 0 aliphatic rings. The molecule has 6 heteroatoms. The van der Waals surface area contributed by atoms with Crippen molar-refractivity contribution in [2.45, 2.75) is 26.2 Å². The number of carbonyl (C=O) groups excluding carboxylic acids is 1. The third-order valence-electron chi connectivity index (χ3n) is 6.07. The first-order chi connectivity index (χ1) is 16.7. The molecule has 0 saturated heterocycles. The zero-order valence-corrected chi connectivity index (χ0v) is 19.2. The molecule has 6 nitrogen and oxygen atoms in total. The van der Waals surface area contributed by atoms with Crippen LogP contribution in [0.4, 0.5) is 5.82 Å². The van der Waals surface area contributed by atoms with E-state index in [9.17, 15) is 4.79 Å². The normalized spacial score (nSPS) is 11.2. The summed E-state index contributed by atoms with van der Waals surface area (Å²) in [5.74, 6) is 0.115. The molecular formula is C28H27N5O. The quantitative estimate of drug-likeness (QED) is 0.339. The first-order valence-corrected chi connectivity index (χ1v) is 11.6. The van der Waals surface area contributed by atoms with E-state index >= 15 is 0 Å². The molecule has 5 rings (SSSR count). The van der Waals surface area contributed by atoms with Crippen molar-refractivity contribution in [2.24, 2.45) is 0 Å². The van der Waals surface area contributed by atoms with Crippen LogP contribution in [0.5, 0.6) is 0 Å². The van der Waals surface area contributed by atoms with Crippen molar-refractivity contribution < 1.29 is 4.79 Å². The molecule has 3 N–H and O–H groups in total. The van der Waals surface area contributed by atoms with Crippen molar-refractivity contribution in [3.05, 3.63) is 95.6 Å². The third-order valence-corrected chi connectivity index (χ3v) is 6.07. The molecular weight excluding hydrogens is 422 g/mol. The van der Waals surface area contributed by atoms with Gasteiger partial charge in [0.05, 0.1) is 11.0 Å². The summed E-state index contributed by atoms with van der Waals surface area (Å²) in [4.78, 5) is 23.0. The summed E-state index contributed by atoms with van der Waals surface area (Å²) in [6, 6.07) is 26.0. The maximum absolute atomic E-state index is 13.3. The predicted molar refractivity (Wildman–Crippen MR) is 137 cm³/mol. The van der Waals surface area contributed by atoms with E-state index in [1.165, 1.54) is 11.1 Å². The van der Waals surface area contributed by atoms with Gasteiger partial charge in [-0.2, -0.15) is 0 Å². The molecule has 0 fully saturated rings. The van der Waals surface area contributed by atoms with Gasteiger partial charge in [-0.05, 0) is 54.7 Å². The number of nitrogens with one attached hydrogen (secondary N) is 1. The van der Waals surface area contributed by atoms with Crippen molar-refractivity contribution >= 4 is 33.9 Å². The maximum atomic E-state index is 13.3. The minimum Gasteiger partial charge on any atom is -0.384 e. The van der Waals surface area contributed by atoms with Gasteiger partial charge >= 0.3 is 0 Å². The van der Waals surface area contributed by atoms with Crippen LogP contribution in [-0.2, 0) is 12.8 Å². The van der Waals surface area contributed by atoms with Crippen LogP contribution in [0.3, 0.4) is 0 Å². The number of anilines is 1. The molecule has 170 valence electrons. The fourth-order valence-electron chi connectivity index (χ4n) is 4.29. The largest absolute Gasteiger partial charge is 0.384 e. The van der Waals surface area contributed by atoms with Crippen molar-refractivity contribution in [1.29, 1.82) is 0 Å². The lowest BCUT2D eigenvalue weighted by Crippen LogP contribution is -2.25. The molecule has 0 atom stereocenters. The number of rotatable bonds is 7. The fraction of sp³-hybridized carbons (Fsp3) is 0.179. The Kier molecular flexibility index (Phi) is 5.95. The number of carbonyl (C=O) groups is 1. The van der Waals surface area contributed by atoms with Crippen LogP contribution in [0, 0.1) is 0 Å². The van der Waals surface area contributed by atoms with E-state index < -0.39 is 0 Å². The number of hydrogen-bond donors (Lipinski definition) is 2. The number of hydrogen-bond acceptors (Lipinski definition) is 4. The van der Waals surface area contributed by atoms with Gasteiger partial charge in [-0.15, -0.1) is 0 Å². The van der Waals surface area contributed by atoms with Crippen LogP contribution in [-0.4, -0.2) is 27.0 Å². The number of aryl methyl sites for hydroxylation is 2. The monoisotopic (exact) mass is 449 g/mol. The molecule has 5 aromatic rings. The Labute approximate surface area is 198 Å². The molecule has 34 heavy (non-hydrogen) atoms. The molecule has 1 amide bonds. The molecule has 0 spiro atoms. The van der Waals surface area contributed by atoms with E-state index in [2.05, 4.69) is 36.5 Å². The topological polar surface area (TPSA) is 85.8 Å². The number of nitrogen functional groups attached to an aromatic ring is 1. The molecule has 0 saturated carbocycles. The summed E-state index contributed by atoms with van der Waals surface area (Å²) < 4.78 is 1.84. The van der Waals surface area contributed by atoms with E-state index in [1.807, 2.05) is 59.2 Å². The van der Waals surface area contributed by atoms with Gasteiger partial charge in [0, 0.05) is 12.2 Å². The zero-order valence-electron chi connectivity index (χ0n) is 19.2.